The lowest BCUT2D eigenvalue weighted by atomic mass is 9.94. The van der Waals surface area contributed by atoms with Gasteiger partial charge < -0.3 is 0 Å². The summed E-state index contributed by atoms with van der Waals surface area (Å²) in [6.45, 7) is -0.252. The lowest BCUT2D eigenvalue weighted by molar-refractivity contribution is -0.126. The van der Waals surface area contributed by atoms with E-state index in [2.05, 4.69) is 15.6 Å². The Labute approximate surface area is 178 Å². The molecule has 2 aromatic rings. The van der Waals surface area contributed by atoms with Crippen LogP contribution in [-0.4, -0.2) is 43.5 Å². The minimum atomic E-state index is -0.467. The van der Waals surface area contributed by atoms with E-state index in [0.29, 0.717) is 16.6 Å². The van der Waals surface area contributed by atoms with Crippen molar-refractivity contribution in [2.24, 2.45) is 5.10 Å². The predicted molar refractivity (Wildman–Crippen MR) is 116 cm³/mol. The number of hydrazone groups is 1. The summed E-state index contributed by atoms with van der Waals surface area (Å²) >= 11 is 1.33. The van der Waals surface area contributed by atoms with Gasteiger partial charge in [0, 0.05) is 17.7 Å². The Bertz CT molecular complexity index is 1010. The van der Waals surface area contributed by atoms with Gasteiger partial charge in [-0.05, 0) is 18.9 Å². The first-order valence-electron chi connectivity index (χ1n) is 10.1. The van der Waals surface area contributed by atoms with Crippen LogP contribution in [0, 0.1) is 0 Å². The van der Waals surface area contributed by atoms with Crippen LogP contribution in [0.4, 0.5) is 0 Å². The maximum atomic E-state index is 12.4. The number of carbonyl (C=O) groups is 2. The van der Waals surface area contributed by atoms with Gasteiger partial charge in [-0.2, -0.15) is 5.10 Å². The Morgan fingerprint density at radius 2 is 1.87 bits per heavy atom. The fourth-order valence-electron chi connectivity index (χ4n) is 3.76. The van der Waals surface area contributed by atoms with Crippen molar-refractivity contribution in [1.82, 2.24) is 20.1 Å². The largest absolute Gasteiger partial charge is 0.286 e. The minimum Gasteiger partial charge on any atom is -0.286 e. The highest BCUT2D eigenvalue weighted by Crippen LogP contribution is 2.29. The second-order valence-corrected chi connectivity index (χ2v) is 8.30. The van der Waals surface area contributed by atoms with Crippen molar-refractivity contribution in [3.05, 3.63) is 52.8 Å². The number of nitrogens with one attached hydrogen (secondary N) is 1. The maximum absolute atomic E-state index is 12.4. The summed E-state index contributed by atoms with van der Waals surface area (Å²) in [6, 6.07) is 12.6. The van der Waals surface area contributed by atoms with E-state index < -0.39 is 5.91 Å². The van der Waals surface area contributed by atoms with E-state index in [9.17, 15) is 14.4 Å². The van der Waals surface area contributed by atoms with Crippen molar-refractivity contribution in [3.63, 3.8) is 0 Å². The number of benzene rings is 1. The third-order valence-corrected chi connectivity index (χ3v) is 6.18. The van der Waals surface area contributed by atoms with Crippen LogP contribution in [0.2, 0.25) is 0 Å². The minimum absolute atomic E-state index is 0.0355. The van der Waals surface area contributed by atoms with Crippen LogP contribution in [0.25, 0.3) is 11.3 Å². The molecule has 1 aliphatic heterocycles. The third-order valence-electron chi connectivity index (χ3n) is 5.25. The van der Waals surface area contributed by atoms with Gasteiger partial charge in [0.2, 0.25) is 5.91 Å². The second-order valence-electron chi connectivity index (χ2n) is 7.35. The molecule has 1 saturated carbocycles. The first kappa shape index (κ1) is 20.3. The monoisotopic (exact) mass is 425 g/mol. The quantitative estimate of drug-likeness (QED) is 0.741. The van der Waals surface area contributed by atoms with Gasteiger partial charge in [0.15, 0.2) is 5.17 Å². The van der Waals surface area contributed by atoms with Crippen LogP contribution in [0.15, 0.2) is 52.4 Å². The molecule has 2 aliphatic rings. The van der Waals surface area contributed by atoms with Gasteiger partial charge in [-0.1, -0.05) is 61.4 Å². The zero-order valence-corrected chi connectivity index (χ0v) is 17.3. The van der Waals surface area contributed by atoms with E-state index in [1.54, 1.807) is 11.0 Å². The van der Waals surface area contributed by atoms with Crippen molar-refractivity contribution in [2.75, 3.05) is 5.75 Å². The molecule has 4 rings (SSSR count). The number of carbonyl (C=O) groups excluding carboxylic acids is 2. The van der Waals surface area contributed by atoms with Gasteiger partial charge in [-0.3, -0.25) is 19.3 Å². The molecule has 156 valence electrons. The van der Waals surface area contributed by atoms with Crippen LogP contribution < -0.4 is 11.0 Å². The molecule has 1 aromatic carbocycles. The van der Waals surface area contributed by atoms with Gasteiger partial charge in [0.05, 0.1) is 11.4 Å². The number of amides is 2. The predicted octanol–water partition coefficient (Wildman–Crippen LogP) is 2.21. The first-order chi connectivity index (χ1) is 14.6. The van der Waals surface area contributed by atoms with Crippen LogP contribution >= 0.6 is 11.8 Å². The van der Waals surface area contributed by atoms with Crippen molar-refractivity contribution < 1.29 is 9.59 Å². The number of amidine groups is 1. The Morgan fingerprint density at radius 1 is 1.10 bits per heavy atom. The van der Waals surface area contributed by atoms with Gasteiger partial charge in [0.1, 0.15) is 6.54 Å². The molecule has 2 fully saturated rings. The van der Waals surface area contributed by atoms with Crippen LogP contribution in [0.3, 0.4) is 0 Å². The molecule has 1 N–H and O–H groups in total. The van der Waals surface area contributed by atoms with Crippen molar-refractivity contribution in [3.8, 4) is 11.3 Å². The molecule has 0 spiro atoms. The number of aromatic nitrogens is 2. The van der Waals surface area contributed by atoms with Crippen LogP contribution in [-0.2, 0) is 16.1 Å². The van der Waals surface area contributed by atoms with Gasteiger partial charge in [0.25, 0.3) is 11.5 Å². The van der Waals surface area contributed by atoms with Crippen molar-refractivity contribution in [2.45, 2.75) is 44.7 Å². The van der Waals surface area contributed by atoms with E-state index >= 15 is 0 Å². The Morgan fingerprint density at radius 3 is 2.63 bits per heavy atom. The second kappa shape index (κ2) is 9.25. The maximum Gasteiger partial charge on any atom is 0.267 e. The summed E-state index contributed by atoms with van der Waals surface area (Å²) in [5.41, 5.74) is 3.58. The smallest absolute Gasteiger partial charge is 0.267 e. The standard InChI is InChI=1S/C21H23N5O3S/c27-18(13-25-19(28)12-11-17(24-25)15-7-3-1-4-8-15)22-23-21-26(20(29)14-30-21)16-9-5-2-6-10-16/h1,3-4,7-8,11-12,16H,2,5-6,9-10,13-14H2,(H,22,27)/b23-21-. The molecule has 9 heteroatoms. The number of nitrogens with zero attached hydrogens (tertiary/aromatic N) is 4. The molecule has 1 saturated heterocycles. The molecule has 0 bridgehead atoms. The van der Waals surface area contributed by atoms with Gasteiger partial charge in [-0.25, -0.2) is 10.1 Å². The molecule has 0 unspecified atom stereocenters. The zero-order chi connectivity index (χ0) is 20.9. The zero-order valence-electron chi connectivity index (χ0n) is 16.5. The molecule has 0 atom stereocenters. The fraction of sp³-hybridized carbons (Fsp3) is 0.381. The summed E-state index contributed by atoms with van der Waals surface area (Å²) in [6.07, 6.45) is 5.32. The summed E-state index contributed by atoms with van der Waals surface area (Å²) in [7, 11) is 0. The Kier molecular flexibility index (Phi) is 6.27. The average molecular weight is 426 g/mol. The normalized spacial score (nSPS) is 18.7. The Hall–Kier alpha value is -2.94. The molecule has 30 heavy (non-hydrogen) atoms. The van der Waals surface area contributed by atoms with E-state index in [0.717, 1.165) is 35.9 Å². The third kappa shape index (κ3) is 4.62. The molecule has 0 radical (unpaired) electrons. The molecular formula is C21H23N5O3S. The van der Waals surface area contributed by atoms with Crippen LogP contribution in [0.5, 0.6) is 0 Å². The molecule has 1 aromatic heterocycles. The number of hydrogen-bond acceptors (Lipinski definition) is 6. The molecule has 2 heterocycles. The first-order valence-corrected chi connectivity index (χ1v) is 11.1. The van der Waals surface area contributed by atoms with E-state index in [4.69, 9.17) is 0 Å². The van der Waals surface area contributed by atoms with Crippen molar-refractivity contribution in [1.29, 1.82) is 0 Å². The highest BCUT2D eigenvalue weighted by atomic mass is 32.2. The summed E-state index contributed by atoms with van der Waals surface area (Å²) in [4.78, 5) is 38.6. The van der Waals surface area contributed by atoms with Gasteiger partial charge >= 0.3 is 0 Å². The summed E-state index contributed by atoms with van der Waals surface area (Å²) in [5, 5.41) is 8.99. The fourth-order valence-corrected chi connectivity index (χ4v) is 4.66. The highest BCUT2D eigenvalue weighted by Gasteiger charge is 2.35. The number of rotatable bonds is 5. The average Bonchev–Trinajstić information content (AvgIpc) is 3.15. The molecule has 2 amide bonds. The molecule has 1 aliphatic carbocycles. The van der Waals surface area contributed by atoms with Gasteiger partial charge in [-0.15, -0.1) is 5.10 Å². The molecular weight excluding hydrogens is 402 g/mol. The number of thioether (sulfide) groups is 1. The SMILES string of the molecule is O=C(Cn1nc(-c2ccccc2)ccc1=O)N/N=C1\SCC(=O)N1C1CCCCC1. The van der Waals surface area contributed by atoms with Crippen LogP contribution in [0.1, 0.15) is 32.1 Å². The van der Waals surface area contributed by atoms with E-state index in [1.807, 2.05) is 30.3 Å². The van der Waals surface area contributed by atoms with E-state index in [1.165, 1.54) is 24.2 Å². The lowest BCUT2D eigenvalue weighted by Gasteiger charge is -2.30. The number of hydrogen-bond donors (Lipinski definition) is 1. The highest BCUT2D eigenvalue weighted by molar-refractivity contribution is 8.15. The topological polar surface area (TPSA) is 96.7 Å². The molecule has 8 nitrogen and oxygen atoms in total. The Balaban J connectivity index is 1.44. The van der Waals surface area contributed by atoms with E-state index in [-0.39, 0.29) is 24.1 Å². The van der Waals surface area contributed by atoms with Crippen molar-refractivity contribution >= 4 is 28.7 Å². The summed E-state index contributed by atoms with van der Waals surface area (Å²) < 4.78 is 1.11. The summed E-state index contributed by atoms with van der Waals surface area (Å²) in [5.74, 6) is -0.0927. The lowest BCUT2D eigenvalue weighted by Crippen LogP contribution is -2.41.